The third kappa shape index (κ3) is 4.09. The Morgan fingerprint density at radius 2 is 2.35 bits per heavy atom. The summed E-state index contributed by atoms with van der Waals surface area (Å²) >= 11 is 6.16. The minimum atomic E-state index is -0.0639. The van der Waals surface area contributed by atoms with Crippen molar-refractivity contribution in [2.24, 2.45) is 0 Å². The van der Waals surface area contributed by atoms with E-state index < -0.39 is 0 Å². The fourth-order valence-corrected chi connectivity index (χ4v) is 2.99. The second-order valence-electron chi connectivity index (χ2n) is 5.77. The highest BCUT2D eigenvalue weighted by Crippen LogP contribution is 2.30. The Morgan fingerprint density at radius 1 is 1.48 bits per heavy atom. The predicted molar refractivity (Wildman–Crippen MR) is 86.1 cm³/mol. The molecule has 1 amide bonds. The quantitative estimate of drug-likeness (QED) is 0.879. The Balaban J connectivity index is 1.46. The smallest absolute Gasteiger partial charge is 0.224 e. The van der Waals surface area contributed by atoms with Gasteiger partial charge in [-0.1, -0.05) is 23.7 Å². The third-order valence-corrected chi connectivity index (χ3v) is 4.28. The first-order valence-electron chi connectivity index (χ1n) is 7.64. The summed E-state index contributed by atoms with van der Waals surface area (Å²) in [6.45, 7) is 2.46. The summed E-state index contributed by atoms with van der Waals surface area (Å²) in [5, 5.41) is 10.2. The first-order valence-corrected chi connectivity index (χ1v) is 8.02. The van der Waals surface area contributed by atoms with Gasteiger partial charge in [0.25, 0.3) is 0 Å². The van der Waals surface area contributed by atoms with Gasteiger partial charge in [0.1, 0.15) is 12.4 Å². The zero-order valence-corrected chi connectivity index (χ0v) is 13.6. The second-order valence-corrected chi connectivity index (χ2v) is 6.18. The molecule has 0 unspecified atom stereocenters. The molecule has 1 aromatic heterocycles. The topological polar surface area (TPSA) is 79.9 Å². The summed E-state index contributed by atoms with van der Waals surface area (Å²) in [7, 11) is 0. The average Bonchev–Trinajstić information content (AvgIpc) is 3.18. The van der Waals surface area contributed by atoms with E-state index in [4.69, 9.17) is 16.3 Å². The lowest BCUT2D eigenvalue weighted by atomic mass is 10.1. The number of amides is 1. The summed E-state index contributed by atoms with van der Waals surface area (Å²) in [5.41, 5.74) is 1.92. The molecule has 0 spiro atoms. The minimum Gasteiger partial charge on any atom is -0.365 e. The van der Waals surface area contributed by atoms with Crippen molar-refractivity contribution in [1.29, 1.82) is 0 Å². The van der Waals surface area contributed by atoms with Crippen LogP contribution in [0.25, 0.3) is 0 Å². The largest absolute Gasteiger partial charge is 0.365 e. The molecular formula is C16H19ClN4O2. The molecule has 0 saturated carbocycles. The second kappa shape index (κ2) is 7.10. The molecule has 122 valence electrons. The molecule has 0 radical (unpaired) electrons. The molecule has 0 bridgehead atoms. The zero-order valence-electron chi connectivity index (χ0n) is 12.9. The van der Waals surface area contributed by atoms with Crippen LogP contribution in [0.3, 0.4) is 0 Å². The van der Waals surface area contributed by atoms with Gasteiger partial charge in [-0.25, -0.2) is 4.98 Å². The van der Waals surface area contributed by atoms with E-state index in [1.165, 1.54) is 6.33 Å². The van der Waals surface area contributed by atoms with Gasteiger partial charge in [0.2, 0.25) is 5.91 Å². The molecule has 2 heterocycles. The SMILES string of the molecule is Cc1ccc(CC(=O)NC[C@H]2CC[C@@H](c3ncn[nH]3)O2)c(Cl)c1. The maximum atomic E-state index is 12.1. The molecule has 1 aliphatic rings. The highest BCUT2D eigenvalue weighted by Gasteiger charge is 2.28. The maximum absolute atomic E-state index is 12.1. The van der Waals surface area contributed by atoms with Crippen molar-refractivity contribution in [3.63, 3.8) is 0 Å². The summed E-state index contributed by atoms with van der Waals surface area (Å²) < 4.78 is 5.87. The first kappa shape index (κ1) is 16.0. The van der Waals surface area contributed by atoms with Gasteiger partial charge in [0.15, 0.2) is 5.82 Å². The van der Waals surface area contributed by atoms with Gasteiger partial charge < -0.3 is 10.1 Å². The number of nitrogens with zero attached hydrogens (tertiary/aromatic N) is 2. The van der Waals surface area contributed by atoms with E-state index in [9.17, 15) is 4.79 Å². The molecule has 2 atom stereocenters. The van der Waals surface area contributed by atoms with Gasteiger partial charge in [-0.05, 0) is 37.0 Å². The summed E-state index contributed by atoms with van der Waals surface area (Å²) in [5.74, 6) is 0.688. The number of aromatic amines is 1. The number of hydrogen-bond acceptors (Lipinski definition) is 4. The van der Waals surface area contributed by atoms with Gasteiger partial charge >= 0.3 is 0 Å². The number of nitrogens with one attached hydrogen (secondary N) is 2. The number of benzene rings is 1. The number of aromatic nitrogens is 3. The zero-order chi connectivity index (χ0) is 16.2. The van der Waals surface area contributed by atoms with Crippen LogP contribution in [0.2, 0.25) is 5.02 Å². The fourth-order valence-electron chi connectivity index (χ4n) is 2.69. The molecule has 1 aliphatic heterocycles. The van der Waals surface area contributed by atoms with Crippen LogP contribution in [0.5, 0.6) is 0 Å². The molecule has 1 fully saturated rings. The third-order valence-electron chi connectivity index (χ3n) is 3.93. The van der Waals surface area contributed by atoms with E-state index in [2.05, 4.69) is 20.5 Å². The standard InChI is InChI=1S/C16H19ClN4O2/c1-10-2-3-11(13(17)6-10)7-15(22)18-8-12-4-5-14(23-12)16-19-9-20-21-16/h2-3,6,9,12,14H,4-5,7-8H2,1H3,(H,18,22)(H,19,20,21)/t12-,14+/m1/s1. The van der Waals surface area contributed by atoms with E-state index in [-0.39, 0.29) is 24.5 Å². The lowest BCUT2D eigenvalue weighted by Gasteiger charge is -2.13. The van der Waals surface area contributed by atoms with Crippen LogP contribution in [0.4, 0.5) is 0 Å². The number of rotatable bonds is 5. The molecule has 1 aromatic carbocycles. The Morgan fingerprint density at radius 3 is 3.09 bits per heavy atom. The van der Waals surface area contributed by atoms with Crippen molar-refractivity contribution in [2.45, 2.75) is 38.4 Å². The maximum Gasteiger partial charge on any atom is 0.224 e. The Labute approximate surface area is 139 Å². The van der Waals surface area contributed by atoms with Crippen molar-refractivity contribution in [1.82, 2.24) is 20.5 Å². The fraction of sp³-hybridized carbons (Fsp3) is 0.438. The van der Waals surface area contributed by atoms with E-state index in [0.29, 0.717) is 11.6 Å². The van der Waals surface area contributed by atoms with Gasteiger partial charge in [0, 0.05) is 11.6 Å². The number of carbonyl (C=O) groups excluding carboxylic acids is 1. The Hall–Kier alpha value is -1.92. The lowest BCUT2D eigenvalue weighted by molar-refractivity contribution is -0.121. The molecule has 2 aromatic rings. The number of halogens is 1. The van der Waals surface area contributed by atoms with Crippen molar-refractivity contribution in [3.8, 4) is 0 Å². The van der Waals surface area contributed by atoms with Crippen molar-refractivity contribution in [2.75, 3.05) is 6.54 Å². The number of H-pyrrole nitrogens is 1. The van der Waals surface area contributed by atoms with Gasteiger partial charge in [-0.3, -0.25) is 9.89 Å². The summed E-state index contributed by atoms with van der Waals surface area (Å²) in [6, 6.07) is 5.71. The van der Waals surface area contributed by atoms with E-state index in [0.717, 1.165) is 29.8 Å². The number of aryl methyl sites for hydroxylation is 1. The van der Waals surface area contributed by atoms with Crippen LogP contribution in [-0.4, -0.2) is 33.7 Å². The van der Waals surface area contributed by atoms with Crippen molar-refractivity contribution in [3.05, 3.63) is 46.5 Å². The number of carbonyl (C=O) groups is 1. The number of ether oxygens (including phenoxy) is 1. The molecule has 0 aliphatic carbocycles. The predicted octanol–water partition coefficient (Wildman–Crippen LogP) is 2.35. The molecule has 23 heavy (non-hydrogen) atoms. The Kier molecular flexibility index (Phi) is 4.93. The first-order chi connectivity index (χ1) is 11.1. The van der Waals surface area contributed by atoms with Crippen LogP contribution in [0.1, 0.15) is 35.9 Å². The molecule has 2 N–H and O–H groups in total. The van der Waals surface area contributed by atoms with Gasteiger partial charge in [-0.2, -0.15) is 5.10 Å². The molecule has 1 saturated heterocycles. The average molecular weight is 335 g/mol. The summed E-state index contributed by atoms with van der Waals surface area (Å²) in [6.07, 6.45) is 3.45. The lowest BCUT2D eigenvalue weighted by Crippen LogP contribution is -2.33. The molecular weight excluding hydrogens is 316 g/mol. The van der Waals surface area contributed by atoms with Crippen LogP contribution >= 0.6 is 11.6 Å². The number of hydrogen-bond donors (Lipinski definition) is 2. The normalized spacial score (nSPS) is 20.6. The van der Waals surface area contributed by atoms with Crippen molar-refractivity contribution >= 4 is 17.5 Å². The Bertz CT molecular complexity index is 675. The highest BCUT2D eigenvalue weighted by atomic mass is 35.5. The minimum absolute atomic E-state index is 0.00235. The van der Waals surface area contributed by atoms with Gasteiger partial charge in [-0.15, -0.1) is 0 Å². The summed E-state index contributed by atoms with van der Waals surface area (Å²) in [4.78, 5) is 16.2. The van der Waals surface area contributed by atoms with Gasteiger partial charge in [0.05, 0.1) is 12.5 Å². The van der Waals surface area contributed by atoms with E-state index in [1.807, 2.05) is 25.1 Å². The van der Waals surface area contributed by atoms with E-state index >= 15 is 0 Å². The van der Waals surface area contributed by atoms with Crippen LogP contribution < -0.4 is 5.32 Å². The molecule has 3 rings (SSSR count). The molecule has 6 nitrogen and oxygen atoms in total. The molecule has 7 heteroatoms. The van der Waals surface area contributed by atoms with Crippen LogP contribution in [0, 0.1) is 6.92 Å². The van der Waals surface area contributed by atoms with E-state index in [1.54, 1.807) is 0 Å². The van der Waals surface area contributed by atoms with Crippen molar-refractivity contribution < 1.29 is 9.53 Å². The van der Waals surface area contributed by atoms with Crippen LogP contribution in [0.15, 0.2) is 24.5 Å². The highest BCUT2D eigenvalue weighted by molar-refractivity contribution is 6.31. The van der Waals surface area contributed by atoms with Crippen LogP contribution in [-0.2, 0) is 16.0 Å². The monoisotopic (exact) mass is 334 g/mol.